The van der Waals surface area contributed by atoms with Gasteiger partial charge in [0.1, 0.15) is 11.6 Å². The van der Waals surface area contributed by atoms with Crippen LogP contribution in [0.4, 0.5) is 5.82 Å². The first kappa shape index (κ1) is 16.0. The van der Waals surface area contributed by atoms with Crippen molar-refractivity contribution in [2.75, 3.05) is 18.0 Å². The third-order valence-corrected chi connectivity index (χ3v) is 4.84. The number of pyridine rings is 1. The molecule has 1 saturated heterocycles. The van der Waals surface area contributed by atoms with Crippen LogP contribution in [-0.4, -0.2) is 28.0 Å². The molecule has 0 saturated carbocycles. The number of fused-ring (bicyclic) bond motifs is 1. The number of anilines is 1. The monoisotopic (exact) mass is 333 g/mol. The Bertz CT molecular complexity index is 849. The predicted octanol–water partition coefficient (Wildman–Crippen LogP) is 3.26. The third kappa shape index (κ3) is 3.20. The normalized spacial score (nSPS) is 17.8. The van der Waals surface area contributed by atoms with Gasteiger partial charge < -0.3 is 10.6 Å². The van der Waals surface area contributed by atoms with Crippen LogP contribution < -0.4 is 10.6 Å². The molecule has 3 aromatic rings. The summed E-state index contributed by atoms with van der Waals surface area (Å²) in [5, 5.41) is 1.11. The average molecular weight is 333 g/mol. The highest BCUT2D eigenvalue weighted by Gasteiger charge is 2.27. The smallest absolute Gasteiger partial charge is 0.140 e. The summed E-state index contributed by atoms with van der Waals surface area (Å²) in [5.74, 6) is 1.86. The van der Waals surface area contributed by atoms with E-state index in [0.29, 0.717) is 19.0 Å². The molecule has 0 bridgehead atoms. The number of aromatic nitrogens is 3. The number of nitrogens with two attached hydrogens (primary N) is 1. The van der Waals surface area contributed by atoms with E-state index in [-0.39, 0.29) is 0 Å². The van der Waals surface area contributed by atoms with Crippen molar-refractivity contribution in [3.63, 3.8) is 0 Å². The van der Waals surface area contributed by atoms with Gasteiger partial charge in [-0.1, -0.05) is 18.2 Å². The summed E-state index contributed by atoms with van der Waals surface area (Å²) in [5.41, 5.74) is 8.00. The van der Waals surface area contributed by atoms with Crippen LogP contribution in [0.5, 0.6) is 0 Å². The Kier molecular flexibility index (Phi) is 4.57. The molecule has 2 N–H and O–H groups in total. The van der Waals surface area contributed by atoms with Crippen molar-refractivity contribution in [1.82, 2.24) is 15.0 Å². The van der Waals surface area contributed by atoms with Crippen molar-refractivity contribution >= 4 is 16.7 Å². The standard InChI is InChI=1S/C20H23N5/c21-11-10-19-23-17-8-2-1-7-16(17)20(24-19)25-13-4-3-9-18(25)15-6-5-12-22-14-15/h1-2,5-8,12,14,18H,3-4,9-11,13,21H2. The van der Waals surface area contributed by atoms with E-state index in [9.17, 15) is 0 Å². The molecule has 128 valence electrons. The first-order valence-corrected chi connectivity index (χ1v) is 8.99. The van der Waals surface area contributed by atoms with E-state index < -0.39 is 0 Å². The second-order valence-electron chi connectivity index (χ2n) is 6.51. The molecule has 1 atom stereocenters. The maximum Gasteiger partial charge on any atom is 0.140 e. The largest absolute Gasteiger partial charge is 0.349 e. The van der Waals surface area contributed by atoms with Gasteiger partial charge in [0.05, 0.1) is 11.6 Å². The molecular formula is C20H23N5. The Labute approximate surface area is 147 Å². The van der Waals surface area contributed by atoms with Gasteiger partial charge in [0, 0.05) is 30.7 Å². The van der Waals surface area contributed by atoms with Crippen molar-refractivity contribution in [3.05, 3.63) is 60.2 Å². The van der Waals surface area contributed by atoms with Crippen LogP contribution in [-0.2, 0) is 6.42 Å². The highest BCUT2D eigenvalue weighted by Crippen LogP contribution is 2.36. The van der Waals surface area contributed by atoms with E-state index in [2.05, 4.69) is 39.1 Å². The Hall–Kier alpha value is -2.53. The van der Waals surface area contributed by atoms with Crippen LogP contribution >= 0.6 is 0 Å². The minimum Gasteiger partial charge on any atom is -0.349 e. The average Bonchev–Trinajstić information content (AvgIpc) is 2.68. The van der Waals surface area contributed by atoms with Crippen LogP contribution in [0, 0.1) is 0 Å². The van der Waals surface area contributed by atoms with Crippen LogP contribution in [0.25, 0.3) is 10.9 Å². The van der Waals surface area contributed by atoms with E-state index in [1.54, 1.807) is 0 Å². The Balaban J connectivity index is 1.83. The van der Waals surface area contributed by atoms with E-state index in [1.165, 1.54) is 18.4 Å². The summed E-state index contributed by atoms with van der Waals surface area (Å²) in [7, 11) is 0. The first-order valence-electron chi connectivity index (χ1n) is 8.99. The lowest BCUT2D eigenvalue weighted by atomic mass is 9.96. The Morgan fingerprint density at radius 3 is 2.84 bits per heavy atom. The fourth-order valence-electron chi connectivity index (χ4n) is 3.67. The van der Waals surface area contributed by atoms with Crippen molar-refractivity contribution in [1.29, 1.82) is 0 Å². The lowest BCUT2D eigenvalue weighted by Gasteiger charge is -2.37. The third-order valence-electron chi connectivity index (χ3n) is 4.84. The van der Waals surface area contributed by atoms with E-state index in [0.717, 1.165) is 35.5 Å². The molecule has 5 heteroatoms. The van der Waals surface area contributed by atoms with Gasteiger partial charge >= 0.3 is 0 Å². The number of para-hydroxylation sites is 1. The van der Waals surface area contributed by atoms with Crippen molar-refractivity contribution in [2.24, 2.45) is 5.73 Å². The Morgan fingerprint density at radius 1 is 1.08 bits per heavy atom. The number of rotatable bonds is 4. The summed E-state index contributed by atoms with van der Waals surface area (Å²) in [6, 6.07) is 12.8. The summed E-state index contributed by atoms with van der Waals surface area (Å²) in [6.07, 6.45) is 8.04. The predicted molar refractivity (Wildman–Crippen MR) is 100 cm³/mol. The molecule has 5 nitrogen and oxygen atoms in total. The number of hydrogen-bond donors (Lipinski definition) is 1. The van der Waals surface area contributed by atoms with Crippen molar-refractivity contribution < 1.29 is 0 Å². The lowest BCUT2D eigenvalue weighted by Crippen LogP contribution is -2.34. The van der Waals surface area contributed by atoms with Crippen molar-refractivity contribution in [3.8, 4) is 0 Å². The molecule has 1 aliphatic heterocycles. The summed E-state index contributed by atoms with van der Waals surface area (Å²) in [4.78, 5) is 16.3. The molecule has 1 fully saturated rings. The number of hydrogen-bond acceptors (Lipinski definition) is 5. The zero-order valence-electron chi connectivity index (χ0n) is 14.3. The van der Waals surface area contributed by atoms with Gasteiger partial charge in [-0.2, -0.15) is 0 Å². The SMILES string of the molecule is NCCc1nc(N2CCCCC2c2cccnc2)c2ccccc2n1. The molecule has 0 spiro atoms. The topological polar surface area (TPSA) is 67.9 Å². The molecule has 25 heavy (non-hydrogen) atoms. The van der Waals surface area contributed by atoms with Gasteiger partial charge in [-0.3, -0.25) is 4.98 Å². The van der Waals surface area contributed by atoms with Gasteiger partial charge in [0.15, 0.2) is 0 Å². The molecular weight excluding hydrogens is 310 g/mol. The maximum atomic E-state index is 5.75. The number of benzene rings is 1. The molecule has 0 radical (unpaired) electrons. The molecule has 1 aliphatic rings. The quantitative estimate of drug-likeness (QED) is 0.794. The molecule has 2 aromatic heterocycles. The summed E-state index contributed by atoms with van der Waals surface area (Å²) < 4.78 is 0. The maximum absolute atomic E-state index is 5.75. The zero-order chi connectivity index (χ0) is 17.1. The molecule has 1 unspecified atom stereocenters. The van der Waals surface area contributed by atoms with E-state index in [4.69, 9.17) is 10.7 Å². The van der Waals surface area contributed by atoms with Crippen LogP contribution in [0.3, 0.4) is 0 Å². The second kappa shape index (κ2) is 7.15. The van der Waals surface area contributed by atoms with Gasteiger partial charge in [-0.05, 0) is 49.6 Å². The van der Waals surface area contributed by atoms with Crippen LogP contribution in [0.15, 0.2) is 48.8 Å². The van der Waals surface area contributed by atoms with Gasteiger partial charge in [-0.15, -0.1) is 0 Å². The molecule has 0 amide bonds. The van der Waals surface area contributed by atoms with Gasteiger partial charge in [0.2, 0.25) is 0 Å². The minimum absolute atomic E-state index is 0.312. The van der Waals surface area contributed by atoms with E-state index >= 15 is 0 Å². The minimum atomic E-state index is 0.312. The lowest BCUT2D eigenvalue weighted by molar-refractivity contribution is 0.469. The molecule has 0 aliphatic carbocycles. The van der Waals surface area contributed by atoms with Crippen LogP contribution in [0.2, 0.25) is 0 Å². The Morgan fingerprint density at radius 2 is 2.00 bits per heavy atom. The first-order chi connectivity index (χ1) is 12.4. The summed E-state index contributed by atoms with van der Waals surface area (Å²) in [6.45, 7) is 1.56. The van der Waals surface area contributed by atoms with Gasteiger partial charge in [0.25, 0.3) is 0 Å². The second-order valence-corrected chi connectivity index (χ2v) is 6.51. The number of nitrogens with zero attached hydrogens (tertiary/aromatic N) is 4. The zero-order valence-corrected chi connectivity index (χ0v) is 14.3. The fourth-order valence-corrected chi connectivity index (χ4v) is 3.67. The number of piperidine rings is 1. The van der Waals surface area contributed by atoms with Gasteiger partial charge in [-0.25, -0.2) is 9.97 Å². The molecule has 4 rings (SSSR count). The highest BCUT2D eigenvalue weighted by molar-refractivity contribution is 5.89. The molecule has 1 aromatic carbocycles. The van der Waals surface area contributed by atoms with Crippen molar-refractivity contribution in [2.45, 2.75) is 31.7 Å². The van der Waals surface area contributed by atoms with Crippen LogP contribution in [0.1, 0.15) is 36.7 Å². The fraction of sp³-hybridized carbons (Fsp3) is 0.350. The highest BCUT2D eigenvalue weighted by atomic mass is 15.2. The van der Waals surface area contributed by atoms with E-state index in [1.807, 2.05) is 24.5 Å². The molecule has 3 heterocycles. The summed E-state index contributed by atoms with van der Waals surface area (Å²) >= 11 is 0.